The van der Waals surface area contributed by atoms with E-state index in [2.05, 4.69) is 21.4 Å². The summed E-state index contributed by atoms with van der Waals surface area (Å²) in [5.41, 5.74) is 2.49. The summed E-state index contributed by atoms with van der Waals surface area (Å²) in [7, 11) is 1.67. The highest BCUT2D eigenvalue weighted by Gasteiger charge is 2.03. The van der Waals surface area contributed by atoms with Crippen molar-refractivity contribution in [2.24, 2.45) is 0 Å². The molecule has 0 bridgehead atoms. The first-order valence-electron chi connectivity index (χ1n) is 6.60. The van der Waals surface area contributed by atoms with Crippen LogP contribution in [0.15, 0.2) is 24.0 Å². The summed E-state index contributed by atoms with van der Waals surface area (Å²) in [5.74, 6) is 0.883. The fraction of sp³-hybridized carbons (Fsp3) is 0.571. The smallest absolute Gasteiger partial charge is 0.129 e. The van der Waals surface area contributed by atoms with Gasteiger partial charge in [-0.3, -0.25) is 0 Å². The zero-order valence-corrected chi connectivity index (χ0v) is 11.0. The van der Waals surface area contributed by atoms with Crippen molar-refractivity contribution in [3.8, 4) is 0 Å². The van der Waals surface area contributed by atoms with Gasteiger partial charge in [-0.1, -0.05) is 11.6 Å². The Morgan fingerprint density at radius 3 is 3.06 bits per heavy atom. The predicted octanol–water partition coefficient (Wildman–Crippen LogP) is 2.93. The number of ether oxygens (including phenoxy) is 1. The zero-order chi connectivity index (χ0) is 12.6. The third kappa shape index (κ3) is 4.11. The van der Waals surface area contributed by atoms with Crippen molar-refractivity contribution in [2.75, 3.05) is 19.0 Å². The Kier molecular flexibility index (Phi) is 5.15. The number of hydrogen-bond acceptors (Lipinski definition) is 4. The predicted molar refractivity (Wildman–Crippen MR) is 72.4 cm³/mol. The van der Waals surface area contributed by atoms with E-state index in [1.807, 2.05) is 6.07 Å². The molecular formula is C14H21N3O. The Bertz CT molecular complexity index is 404. The number of nitrogens with one attached hydrogen (secondary N) is 1. The van der Waals surface area contributed by atoms with Crippen LogP contribution in [-0.4, -0.2) is 23.6 Å². The molecule has 4 heteroatoms. The number of nitrogens with zero attached hydrogens (tertiary/aromatic N) is 2. The second-order valence-corrected chi connectivity index (χ2v) is 4.61. The molecule has 0 aliphatic heterocycles. The molecule has 4 nitrogen and oxygen atoms in total. The van der Waals surface area contributed by atoms with Crippen molar-refractivity contribution >= 4 is 5.82 Å². The Morgan fingerprint density at radius 2 is 2.28 bits per heavy atom. The van der Waals surface area contributed by atoms with Crippen LogP contribution in [0.5, 0.6) is 0 Å². The lowest BCUT2D eigenvalue weighted by molar-refractivity contribution is 0.181. The van der Waals surface area contributed by atoms with Gasteiger partial charge in [0.05, 0.1) is 12.3 Å². The van der Waals surface area contributed by atoms with Crippen molar-refractivity contribution < 1.29 is 4.74 Å². The second kappa shape index (κ2) is 7.11. The third-order valence-corrected chi connectivity index (χ3v) is 3.15. The molecule has 0 atom stereocenters. The van der Waals surface area contributed by atoms with Gasteiger partial charge in [0.1, 0.15) is 12.1 Å². The average molecular weight is 247 g/mol. The molecular weight excluding hydrogens is 226 g/mol. The van der Waals surface area contributed by atoms with Gasteiger partial charge in [0, 0.05) is 19.7 Å². The summed E-state index contributed by atoms with van der Waals surface area (Å²) in [6, 6.07) is 1.94. The first kappa shape index (κ1) is 13.0. The van der Waals surface area contributed by atoms with Crippen LogP contribution in [0.2, 0.25) is 0 Å². The maximum Gasteiger partial charge on any atom is 0.129 e. The summed E-state index contributed by atoms with van der Waals surface area (Å²) in [4.78, 5) is 8.35. The number of allylic oxidation sites excluding steroid dienone is 1. The van der Waals surface area contributed by atoms with Gasteiger partial charge in [0.25, 0.3) is 0 Å². The summed E-state index contributed by atoms with van der Waals surface area (Å²) in [6.07, 6.45) is 10.3. The van der Waals surface area contributed by atoms with E-state index in [4.69, 9.17) is 4.74 Å². The molecule has 0 aromatic carbocycles. The Balaban J connectivity index is 1.78. The SMILES string of the molecule is COCc1cc(NCCC2=CCCCC2)ncn1. The van der Waals surface area contributed by atoms with Gasteiger partial charge in [-0.15, -0.1) is 0 Å². The van der Waals surface area contributed by atoms with Crippen molar-refractivity contribution in [2.45, 2.75) is 38.7 Å². The lowest BCUT2D eigenvalue weighted by atomic mass is 9.97. The lowest BCUT2D eigenvalue weighted by Crippen LogP contribution is -2.06. The second-order valence-electron chi connectivity index (χ2n) is 4.61. The summed E-state index contributed by atoms with van der Waals surface area (Å²) >= 11 is 0. The van der Waals surface area contributed by atoms with Crippen LogP contribution in [0.4, 0.5) is 5.82 Å². The standard InChI is InChI=1S/C14H21N3O/c1-18-10-13-9-14(17-11-16-13)15-8-7-12-5-3-2-4-6-12/h5,9,11H,2-4,6-8,10H2,1H3,(H,15,16,17). The van der Waals surface area contributed by atoms with E-state index in [1.54, 1.807) is 19.0 Å². The molecule has 1 aliphatic carbocycles. The monoisotopic (exact) mass is 247 g/mol. The number of aromatic nitrogens is 2. The molecule has 1 aromatic rings. The Labute approximate surface area is 108 Å². The molecule has 2 rings (SSSR count). The van der Waals surface area contributed by atoms with Gasteiger partial charge >= 0.3 is 0 Å². The quantitative estimate of drug-likeness (QED) is 0.785. The van der Waals surface area contributed by atoms with Crippen LogP contribution in [0.1, 0.15) is 37.8 Å². The number of methoxy groups -OCH3 is 1. The molecule has 0 spiro atoms. The molecule has 18 heavy (non-hydrogen) atoms. The van der Waals surface area contributed by atoms with Gasteiger partial charge in [-0.25, -0.2) is 9.97 Å². The molecule has 1 N–H and O–H groups in total. The summed E-state index contributed by atoms with van der Waals surface area (Å²) in [6.45, 7) is 1.47. The molecule has 98 valence electrons. The highest BCUT2D eigenvalue weighted by molar-refractivity contribution is 5.34. The van der Waals surface area contributed by atoms with Gasteiger partial charge in [-0.2, -0.15) is 0 Å². The fourth-order valence-electron chi connectivity index (χ4n) is 2.20. The number of rotatable bonds is 6. The van der Waals surface area contributed by atoms with Crippen molar-refractivity contribution in [1.29, 1.82) is 0 Å². The van der Waals surface area contributed by atoms with E-state index in [-0.39, 0.29) is 0 Å². The first-order valence-corrected chi connectivity index (χ1v) is 6.60. The van der Waals surface area contributed by atoms with Gasteiger partial charge in [0.2, 0.25) is 0 Å². The molecule has 0 fully saturated rings. The topological polar surface area (TPSA) is 47.0 Å². The first-order chi connectivity index (χ1) is 8.88. The highest BCUT2D eigenvalue weighted by Crippen LogP contribution is 2.19. The van der Waals surface area contributed by atoms with Gasteiger partial charge in [-0.05, 0) is 32.1 Å². The van der Waals surface area contributed by atoms with Crippen LogP contribution >= 0.6 is 0 Å². The van der Waals surface area contributed by atoms with E-state index in [0.29, 0.717) is 6.61 Å². The number of anilines is 1. The van der Waals surface area contributed by atoms with Crippen molar-refractivity contribution in [3.63, 3.8) is 0 Å². The van der Waals surface area contributed by atoms with E-state index >= 15 is 0 Å². The normalized spacial score (nSPS) is 15.3. The maximum absolute atomic E-state index is 5.06. The zero-order valence-electron chi connectivity index (χ0n) is 11.0. The van der Waals surface area contributed by atoms with Crippen LogP contribution < -0.4 is 5.32 Å². The highest BCUT2D eigenvalue weighted by atomic mass is 16.5. The molecule has 0 radical (unpaired) electrons. The minimum atomic E-state index is 0.530. The van der Waals surface area contributed by atoms with E-state index in [1.165, 1.54) is 25.7 Å². The third-order valence-electron chi connectivity index (χ3n) is 3.15. The lowest BCUT2D eigenvalue weighted by Gasteiger charge is -2.13. The van der Waals surface area contributed by atoms with E-state index in [0.717, 1.165) is 24.5 Å². The average Bonchev–Trinajstić information content (AvgIpc) is 2.41. The minimum absolute atomic E-state index is 0.530. The largest absolute Gasteiger partial charge is 0.378 e. The molecule has 1 aromatic heterocycles. The minimum Gasteiger partial charge on any atom is -0.378 e. The van der Waals surface area contributed by atoms with Gasteiger partial charge < -0.3 is 10.1 Å². The maximum atomic E-state index is 5.06. The Morgan fingerprint density at radius 1 is 1.33 bits per heavy atom. The molecule has 1 heterocycles. The van der Waals surface area contributed by atoms with E-state index < -0.39 is 0 Å². The van der Waals surface area contributed by atoms with Crippen LogP contribution in [0.3, 0.4) is 0 Å². The van der Waals surface area contributed by atoms with Crippen LogP contribution in [-0.2, 0) is 11.3 Å². The summed E-state index contributed by atoms with van der Waals surface area (Å²) in [5, 5.41) is 3.34. The van der Waals surface area contributed by atoms with Gasteiger partial charge in [0.15, 0.2) is 0 Å². The molecule has 1 aliphatic rings. The van der Waals surface area contributed by atoms with Crippen LogP contribution in [0, 0.1) is 0 Å². The molecule has 0 saturated heterocycles. The van der Waals surface area contributed by atoms with Crippen molar-refractivity contribution in [1.82, 2.24) is 9.97 Å². The molecule has 0 unspecified atom stereocenters. The molecule has 0 saturated carbocycles. The molecule has 0 amide bonds. The van der Waals surface area contributed by atoms with Crippen LogP contribution in [0.25, 0.3) is 0 Å². The number of hydrogen-bond donors (Lipinski definition) is 1. The van der Waals surface area contributed by atoms with E-state index in [9.17, 15) is 0 Å². The Hall–Kier alpha value is -1.42. The fourth-order valence-corrected chi connectivity index (χ4v) is 2.20. The van der Waals surface area contributed by atoms with Crippen molar-refractivity contribution in [3.05, 3.63) is 29.7 Å². The summed E-state index contributed by atoms with van der Waals surface area (Å²) < 4.78 is 5.06.